The van der Waals surface area contributed by atoms with E-state index in [4.69, 9.17) is 22.1 Å². The Hall–Kier alpha value is -0.990. The highest BCUT2D eigenvalue weighted by Crippen LogP contribution is 2.16. The maximum absolute atomic E-state index is 5.71. The molecule has 0 saturated carbocycles. The van der Waals surface area contributed by atoms with E-state index >= 15 is 0 Å². The number of hydrogen-bond acceptors (Lipinski definition) is 2. The molecule has 0 fully saturated rings. The summed E-state index contributed by atoms with van der Waals surface area (Å²) in [6, 6.07) is 7.68. The van der Waals surface area contributed by atoms with E-state index in [1.165, 1.54) is 0 Å². The number of hydrogen-bond donors (Lipinski definition) is 1. The first-order chi connectivity index (χ1) is 6.59. The first-order valence-corrected chi connectivity index (χ1v) is 4.79. The number of ether oxygens (including phenoxy) is 1. The molecule has 1 aromatic rings. The van der Waals surface area contributed by atoms with Gasteiger partial charge in [0.2, 0.25) is 0 Å². The second-order valence-electron chi connectivity index (χ2n) is 3.16. The fourth-order valence-electron chi connectivity index (χ4n) is 1.03. The molecule has 0 saturated heterocycles. The molecule has 0 aliphatic rings. The van der Waals surface area contributed by atoms with Crippen molar-refractivity contribution in [1.82, 2.24) is 0 Å². The van der Waals surface area contributed by atoms with Gasteiger partial charge in [0.15, 0.2) is 0 Å². The van der Waals surface area contributed by atoms with Crippen LogP contribution in [-0.2, 0) is 0 Å². The van der Waals surface area contributed by atoms with E-state index in [1.807, 2.05) is 31.2 Å². The lowest BCUT2D eigenvalue weighted by molar-refractivity contribution is 0.359. The van der Waals surface area contributed by atoms with E-state index in [1.54, 1.807) is 0 Å². The summed E-state index contributed by atoms with van der Waals surface area (Å²) in [5.41, 5.74) is 6.80. The molecule has 0 aliphatic heterocycles. The molecule has 2 nitrogen and oxygen atoms in total. The standard InChI is InChI=1S/C11H14ClNO/c1-8(12)7-14-11-5-3-10(4-6-11)9(2)13/h3-6,9H,1,7,13H2,2H3/t9-/m1/s1. The van der Waals surface area contributed by atoms with Crippen LogP contribution in [0.1, 0.15) is 18.5 Å². The highest BCUT2D eigenvalue weighted by molar-refractivity contribution is 6.29. The Kier molecular flexibility index (Phi) is 3.98. The Morgan fingerprint density at radius 3 is 2.50 bits per heavy atom. The molecule has 1 rings (SSSR count). The third-order valence-corrected chi connectivity index (χ3v) is 1.91. The van der Waals surface area contributed by atoms with E-state index in [9.17, 15) is 0 Å². The predicted molar refractivity (Wildman–Crippen MR) is 59.5 cm³/mol. The van der Waals surface area contributed by atoms with E-state index in [0.29, 0.717) is 11.6 Å². The van der Waals surface area contributed by atoms with Gasteiger partial charge in [-0.15, -0.1) is 0 Å². The summed E-state index contributed by atoms with van der Waals surface area (Å²) in [5.74, 6) is 0.774. The van der Waals surface area contributed by atoms with Crippen molar-refractivity contribution < 1.29 is 4.74 Å². The monoisotopic (exact) mass is 211 g/mol. The van der Waals surface area contributed by atoms with E-state index in [2.05, 4.69) is 6.58 Å². The molecule has 0 unspecified atom stereocenters. The highest BCUT2D eigenvalue weighted by atomic mass is 35.5. The molecule has 3 heteroatoms. The lowest BCUT2D eigenvalue weighted by Crippen LogP contribution is -2.04. The molecular formula is C11H14ClNO. The van der Waals surface area contributed by atoms with Crippen molar-refractivity contribution in [3.8, 4) is 5.75 Å². The van der Waals surface area contributed by atoms with Crippen LogP contribution < -0.4 is 10.5 Å². The van der Waals surface area contributed by atoms with Gasteiger partial charge in [0, 0.05) is 11.1 Å². The molecule has 1 atom stereocenters. The predicted octanol–water partition coefficient (Wildman–Crippen LogP) is 2.84. The molecule has 0 amide bonds. The number of nitrogens with two attached hydrogens (primary N) is 1. The van der Waals surface area contributed by atoms with Gasteiger partial charge in [0.1, 0.15) is 12.4 Å². The second-order valence-corrected chi connectivity index (χ2v) is 3.70. The molecule has 76 valence electrons. The van der Waals surface area contributed by atoms with Gasteiger partial charge >= 0.3 is 0 Å². The van der Waals surface area contributed by atoms with Crippen LogP contribution in [0.15, 0.2) is 35.9 Å². The van der Waals surface area contributed by atoms with Crippen molar-refractivity contribution in [1.29, 1.82) is 0 Å². The van der Waals surface area contributed by atoms with Crippen LogP contribution in [0.2, 0.25) is 0 Å². The Balaban J connectivity index is 2.59. The van der Waals surface area contributed by atoms with E-state index in [-0.39, 0.29) is 6.04 Å². The molecule has 2 N–H and O–H groups in total. The molecular weight excluding hydrogens is 198 g/mol. The minimum absolute atomic E-state index is 0.0482. The molecule has 0 heterocycles. The molecule has 0 bridgehead atoms. The van der Waals surface area contributed by atoms with Gasteiger partial charge in [-0.3, -0.25) is 0 Å². The SMILES string of the molecule is C=C(Cl)COc1ccc([C@@H](C)N)cc1. The van der Waals surface area contributed by atoms with Crippen LogP contribution in [0, 0.1) is 0 Å². The molecule has 0 aromatic heterocycles. The van der Waals surface area contributed by atoms with Crippen LogP contribution in [-0.4, -0.2) is 6.61 Å². The van der Waals surface area contributed by atoms with Crippen molar-refractivity contribution in [3.05, 3.63) is 41.4 Å². The Bertz CT molecular complexity index is 306. The maximum atomic E-state index is 5.71. The van der Waals surface area contributed by atoms with Crippen molar-refractivity contribution >= 4 is 11.6 Å². The van der Waals surface area contributed by atoms with Gasteiger partial charge < -0.3 is 10.5 Å². The van der Waals surface area contributed by atoms with Crippen LogP contribution >= 0.6 is 11.6 Å². The Morgan fingerprint density at radius 1 is 1.50 bits per heavy atom. The van der Waals surface area contributed by atoms with Crippen LogP contribution in [0.4, 0.5) is 0 Å². The minimum Gasteiger partial charge on any atom is -0.488 e. The smallest absolute Gasteiger partial charge is 0.123 e. The summed E-state index contributed by atoms with van der Waals surface area (Å²) >= 11 is 5.57. The fourth-order valence-corrected chi connectivity index (χ4v) is 1.08. The summed E-state index contributed by atoms with van der Waals surface area (Å²) in [5, 5.41) is 0.487. The third kappa shape index (κ3) is 3.40. The fraction of sp³-hybridized carbons (Fsp3) is 0.273. The van der Waals surface area contributed by atoms with Crippen molar-refractivity contribution in [2.75, 3.05) is 6.61 Å². The first kappa shape index (κ1) is 11.1. The summed E-state index contributed by atoms with van der Waals surface area (Å²) in [6.07, 6.45) is 0. The highest BCUT2D eigenvalue weighted by Gasteiger charge is 1.99. The molecule has 0 radical (unpaired) electrons. The average molecular weight is 212 g/mol. The quantitative estimate of drug-likeness (QED) is 0.831. The van der Waals surface area contributed by atoms with Gasteiger partial charge in [0.05, 0.1) is 0 Å². The first-order valence-electron chi connectivity index (χ1n) is 4.41. The van der Waals surface area contributed by atoms with Gasteiger partial charge in [-0.1, -0.05) is 30.3 Å². The molecule has 0 spiro atoms. The second kappa shape index (κ2) is 5.03. The third-order valence-electron chi connectivity index (χ3n) is 1.80. The van der Waals surface area contributed by atoms with Crippen LogP contribution in [0.5, 0.6) is 5.75 Å². The van der Waals surface area contributed by atoms with Gasteiger partial charge in [-0.05, 0) is 24.6 Å². The Labute approximate surface area is 89.3 Å². The summed E-state index contributed by atoms with van der Waals surface area (Å²) < 4.78 is 5.33. The molecule has 0 aliphatic carbocycles. The minimum atomic E-state index is 0.0482. The van der Waals surface area contributed by atoms with Crippen molar-refractivity contribution in [2.45, 2.75) is 13.0 Å². The number of rotatable bonds is 4. The van der Waals surface area contributed by atoms with Crippen LogP contribution in [0.25, 0.3) is 0 Å². The zero-order chi connectivity index (χ0) is 10.6. The van der Waals surface area contributed by atoms with Crippen LogP contribution in [0.3, 0.4) is 0 Å². The topological polar surface area (TPSA) is 35.2 Å². The Morgan fingerprint density at radius 2 is 2.07 bits per heavy atom. The summed E-state index contributed by atoms with van der Waals surface area (Å²) in [6.45, 7) is 5.81. The van der Waals surface area contributed by atoms with E-state index < -0.39 is 0 Å². The van der Waals surface area contributed by atoms with Crippen molar-refractivity contribution in [3.63, 3.8) is 0 Å². The van der Waals surface area contributed by atoms with Crippen molar-refractivity contribution in [2.24, 2.45) is 5.73 Å². The van der Waals surface area contributed by atoms with E-state index in [0.717, 1.165) is 11.3 Å². The summed E-state index contributed by atoms with van der Waals surface area (Å²) in [4.78, 5) is 0. The lowest BCUT2D eigenvalue weighted by Gasteiger charge is -2.08. The normalized spacial score (nSPS) is 12.2. The van der Waals surface area contributed by atoms with Gasteiger partial charge in [0.25, 0.3) is 0 Å². The summed E-state index contributed by atoms with van der Waals surface area (Å²) in [7, 11) is 0. The zero-order valence-corrected chi connectivity index (χ0v) is 8.92. The molecule has 14 heavy (non-hydrogen) atoms. The lowest BCUT2D eigenvalue weighted by atomic mass is 10.1. The van der Waals surface area contributed by atoms with Gasteiger partial charge in [-0.25, -0.2) is 0 Å². The van der Waals surface area contributed by atoms with Gasteiger partial charge in [-0.2, -0.15) is 0 Å². The number of halogens is 1. The number of benzene rings is 1. The molecule has 1 aromatic carbocycles. The maximum Gasteiger partial charge on any atom is 0.123 e. The average Bonchev–Trinajstić information content (AvgIpc) is 2.15. The largest absolute Gasteiger partial charge is 0.488 e. The zero-order valence-electron chi connectivity index (χ0n) is 8.16.